The number of para-hydroxylation sites is 1. The summed E-state index contributed by atoms with van der Waals surface area (Å²) in [6.45, 7) is 0. The molecule has 0 amide bonds. The van der Waals surface area contributed by atoms with Gasteiger partial charge in [-0.15, -0.1) is 11.3 Å². The molecule has 3 heterocycles. The van der Waals surface area contributed by atoms with Crippen LogP contribution in [-0.2, 0) is 14.3 Å². The van der Waals surface area contributed by atoms with Gasteiger partial charge in [0.1, 0.15) is 0 Å². The number of nitrogens with one attached hydrogen (secondary N) is 1. The van der Waals surface area contributed by atoms with Gasteiger partial charge < -0.3 is 9.72 Å². The number of rotatable bonds is 2. The lowest BCUT2D eigenvalue weighted by molar-refractivity contribution is -0.149. The molecule has 102 valence electrons. The molecule has 0 bridgehead atoms. The van der Waals surface area contributed by atoms with E-state index in [1.165, 1.54) is 11.3 Å². The van der Waals surface area contributed by atoms with E-state index in [2.05, 4.69) is 4.98 Å². The van der Waals surface area contributed by atoms with E-state index in [9.17, 15) is 9.59 Å². The van der Waals surface area contributed by atoms with E-state index in [0.29, 0.717) is 16.7 Å². The van der Waals surface area contributed by atoms with E-state index < -0.39 is 11.9 Å². The van der Waals surface area contributed by atoms with Crippen LogP contribution in [0.25, 0.3) is 22.0 Å². The second-order valence-corrected chi connectivity index (χ2v) is 5.60. The minimum absolute atomic E-state index is 0.333. The van der Waals surface area contributed by atoms with Gasteiger partial charge in [0.25, 0.3) is 0 Å². The Morgan fingerprint density at radius 2 is 1.76 bits per heavy atom. The molecule has 1 aliphatic rings. The summed E-state index contributed by atoms with van der Waals surface area (Å²) in [4.78, 5) is 28.0. The fourth-order valence-electron chi connectivity index (χ4n) is 2.56. The number of H-pyrrole nitrogens is 1. The van der Waals surface area contributed by atoms with Crippen molar-refractivity contribution in [3.8, 4) is 0 Å². The average molecular weight is 295 g/mol. The van der Waals surface area contributed by atoms with Gasteiger partial charge in [-0.3, -0.25) is 0 Å². The lowest BCUT2D eigenvalue weighted by Gasteiger charge is -1.99. The first kappa shape index (κ1) is 12.1. The highest BCUT2D eigenvalue weighted by Crippen LogP contribution is 2.38. The van der Waals surface area contributed by atoms with E-state index in [4.69, 9.17) is 4.74 Å². The van der Waals surface area contributed by atoms with Crippen molar-refractivity contribution in [1.82, 2.24) is 4.98 Å². The fraction of sp³-hybridized carbons (Fsp3) is 0. The van der Waals surface area contributed by atoms with Gasteiger partial charge in [-0.1, -0.05) is 24.3 Å². The lowest BCUT2D eigenvalue weighted by atomic mass is 10.00. The molecule has 1 N–H and O–H groups in total. The number of hydrogen-bond donors (Lipinski definition) is 1. The number of fused-ring (bicyclic) bond motifs is 1. The number of aromatic nitrogens is 1. The van der Waals surface area contributed by atoms with Gasteiger partial charge in [-0.25, -0.2) is 9.59 Å². The van der Waals surface area contributed by atoms with Crippen LogP contribution in [0.15, 0.2) is 48.0 Å². The second-order valence-electron chi connectivity index (χ2n) is 4.65. The van der Waals surface area contributed by atoms with Crippen LogP contribution >= 0.6 is 11.3 Å². The lowest BCUT2D eigenvalue weighted by Crippen LogP contribution is -2.01. The molecule has 0 saturated carbocycles. The predicted octanol–water partition coefficient (Wildman–Crippen LogP) is 3.22. The van der Waals surface area contributed by atoms with Crippen LogP contribution in [-0.4, -0.2) is 16.9 Å². The summed E-state index contributed by atoms with van der Waals surface area (Å²) in [6, 6.07) is 11.3. The molecule has 0 spiro atoms. The van der Waals surface area contributed by atoms with E-state index in [1.807, 2.05) is 41.8 Å². The summed E-state index contributed by atoms with van der Waals surface area (Å²) in [5, 5.41) is 2.76. The monoisotopic (exact) mass is 295 g/mol. The van der Waals surface area contributed by atoms with Crippen molar-refractivity contribution in [2.24, 2.45) is 0 Å². The number of thiophene rings is 1. The minimum Gasteiger partial charge on any atom is -0.386 e. The maximum atomic E-state index is 12.1. The van der Waals surface area contributed by atoms with E-state index in [0.717, 1.165) is 15.8 Å². The first-order valence-electron chi connectivity index (χ1n) is 6.37. The molecule has 0 atom stereocenters. The number of carbonyl (C=O) groups excluding carboxylic acids is 2. The summed E-state index contributed by atoms with van der Waals surface area (Å²) >= 11 is 1.41. The molecule has 5 heteroatoms. The minimum atomic E-state index is -0.590. The summed E-state index contributed by atoms with van der Waals surface area (Å²) < 4.78 is 4.82. The van der Waals surface area contributed by atoms with Gasteiger partial charge in [-0.05, 0) is 17.5 Å². The van der Waals surface area contributed by atoms with E-state index in [1.54, 1.807) is 6.20 Å². The predicted molar refractivity (Wildman–Crippen MR) is 80.5 cm³/mol. The van der Waals surface area contributed by atoms with Gasteiger partial charge in [0, 0.05) is 27.5 Å². The highest BCUT2D eigenvalue weighted by molar-refractivity contribution is 7.11. The molecule has 1 aromatic carbocycles. The van der Waals surface area contributed by atoms with Crippen molar-refractivity contribution in [2.75, 3.05) is 0 Å². The molecular formula is C16H9NO3S. The second kappa shape index (κ2) is 4.43. The number of aromatic amines is 1. The quantitative estimate of drug-likeness (QED) is 0.583. The summed E-state index contributed by atoms with van der Waals surface area (Å²) in [5.74, 6) is -1.17. The number of carbonyl (C=O) groups is 2. The van der Waals surface area contributed by atoms with Gasteiger partial charge >= 0.3 is 11.9 Å². The van der Waals surface area contributed by atoms with Crippen LogP contribution < -0.4 is 0 Å². The van der Waals surface area contributed by atoms with Crippen molar-refractivity contribution < 1.29 is 14.3 Å². The zero-order chi connectivity index (χ0) is 14.4. The zero-order valence-electron chi connectivity index (χ0n) is 10.8. The Labute approximate surface area is 123 Å². The molecule has 4 rings (SSSR count). The van der Waals surface area contributed by atoms with Crippen LogP contribution in [0.4, 0.5) is 0 Å². The van der Waals surface area contributed by atoms with Crippen LogP contribution in [0.3, 0.4) is 0 Å². The average Bonchev–Trinajstić information content (AvgIpc) is 3.17. The fourth-order valence-corrected chi connectivity index (χ4v) is 3.32. The van der Waals surface area contributed by atoms with Crippen LogP contribution in [0.5, 0.6) is 0 Å². The number of cyclic esters (lactones) is 2. The van der Waals surface area contributed by atoms with Gasteiger partial charge in [0.2, 0.25) is 0 Å². The molecule has 1 aliphatic heterocycles. The summed E-state index contributed by atoms with van der Waals surface area (Å²) in [7, 11) is 0. The zero-order valence-corrected chi connectivity index (χ0v) is 11.6. The molecule has 0 unspecified atom stereocenters. The standard InChI is InChI=1S/C16H9NO3S/c18-15-13(10-8-17-11-5-2-1-4-9(10)11)14(16(19)20-15)12-6-3-7-21-12/h1-8,17H. The van der Waals surface area contributed by atoms with Crippen molar-refractivity contribution >= 4 is 45.3 Å². The number of hydrogen-bond acceptors (Lipinski definition) is 4. The Hall–Kier alpha value is -2.66. The van der Waals surface area contributed by atoms with Crippen LogP contribution in [0.1, 0.15) is 10.4 Å². The molecule has 21 heavy (non-hydrogen) atoms. The number of esters is 2. The molecule has 4 nitrogen and oxygen atoms in total. The van der Waals surface area contributed by atoms with Crippen LogP contribution in [0, 0.1) is 0 Å². The molecule has 0 fully saturated rings. The maximum Gasteiger partial charge on any atom is 0.348 e. The first-order valence-corrected chi connectivity index (χ1v) is 7.25. The third-order valence-electron chi connectivity index (χ3n) is 3.47. The van der Waals surface area contributed by atoms with Crippen molar-refractivity contribution in [3.05, 3.63) is 58.4 Å². The third kappa shape index (κ3) is 1.75. The first-order chi connectivity index (χ1) is 10.3. The van der Waals surface area contributed by atoms with Gasteiger partial charge in [-0.2, -0.15) is 0 Å². The molecular weight excluding hydrogens is 286 g/mol. The Bertz CT molecular complexity index is 903. The molecule has 0 radical (unpaired) electrons. The number of benzene rings is 1. The van der Waals surface area contributed by atoms with E-state index in [-0.39, 0.29) is 0 Å². The smallest absolute Gasteiger partial charge is 0.348 e. The van der Waals surface area contributed by atoms with Crippen LogP contribution in [0.2, 0.25) is 0 Å². The SMILES string of the molecule is O=C1OC(=O)C(c2c[nH]c3ccccc23)=C1c1cccs1. The topological polar surface area (TPSA) is 59.2 Å². The van der Waals surface area contributed by atoms with Crippen molar-refractivity contribution in [2.45, 2.75) is 0 Å². The Balaban J connectivity index is 2.04. The highest BCUT2D eigenvalue weighted by Gasteiger charge is 2.36. The van der Waals surface area contributed by atoms with Gasteiger partial charge in [0.15, 0.2) is 0 Å². The van der Waals surface area contributed by atoms with E-state index >= 15 is 0 Å². The normalized spacial score (nSPS) is 15.0. The van der Waals surface area contributed by atoms with Crippen molar-refractivity contribution in [1.29, 1.82) is 0 Å². The summed E-state index contributed by atoms with van der Waals surface area (Å²) in [5.41, 5.74) is 2.29. The molecule has 0 saturated heterocycles. The Morgan fingerprint density at radius 1 is 0.952 bits per heavy atom. The largest absolute Gasteiger partial charge is 0.386 e. The highest BCUT2D eigenvalue weighted by atomic mass is 32.1. The Morgan fingerprint density at radius 3 is 2.57 bits per heavy atom. The molecule has 3 aromatic rings. The maximum absolute atomic E-state index is 12.1. The Kier molecular flexibility index (Phi) is 2.55. The van der Waals surface area contributed by atoms with Gasteiger partial charge in [0.05, 0.1) is 11.1 Å². The molecule has 2 aromatic heterocycles. The van der Waals surface area contributed by atoms with Crippen molar-refractivity contribution in [3.63, 3.8) is 0 Å². The third-order valence-corrected chi connectivity index (χ3v) is 4.36. The number of ether oxygens (including phenoxy) is 1. The molecule has 0 aliphatic carbocycles. The summed E-state index contributed by atoms with van der Waals surface area (Å²) in [6.07, 6.45) is 1.74.